The lowest BCUT2D eigenvalue weighted by Gasteiger charge is -2.40. The first-order valence-electron chi connectivity index (χ1n) is 12.1. The monoisotopic (exact) mass is 501 g/mol. The second kappa shape index (κ2) is 10.7. The molecule has 1 aliphatic carbocycles. The molecule has 4 unspecified atom stereocenters. The second-order valence-corrected chi connectivity index (χ2v) is 10.7. The number of carboxylic acid groups (broad SMARTS) is 1. The third-order valence-corrected chi connectivity index (χ3v) is 7.13. The molecule has 10 heteroatoms. The van der Waals surface area contributed by atoms with Crippen LogP contribution in [-0.2, 0) is 19.2 Å². The molecule has 196 valence electrons. The van der Waals surface area contributed by atoms with Gasteiger partial charge in [-0.1, -0.05) is 26.8 Å². The second-order valence-electron chi connectivity index (χ2n) is 10.7. The van der Waals surface area contributed by atoms with Crippen molar-refractivity contribution in [2.24, 2.45) is 11.3 Å². The van der Waals surface area contributed by atoms with E-state index in [1.165, 1.54) is 7.11 Å². The molecule has 1 aromatic carbocycles. The van der Waals surface area contributed by atoms with Crippen molar-refractivity contribution >= 4 is 30.0 Å². The van der Waals surface area contributed by atoms with E-state index in [9.17, 15) is 24.0 Å². The Balaban J connectivity index is 1.86. The Bertz CT molecular complexity index is 1050. The summed E-state index contributed by atoms with van der Waals surface area (Å²) in [6, 6.07) is 2.02. The summed E-state index contributed by atoms with van der Waals surface area (Å²) in [7, 11) is 1.52. The van der Waals surface area contributed by atoms with Gasteiger partial charge in [0.1, 0.15) is 24.1 Å². The van der Waals surface area contributed by atoms with Crippen LogP contribution in [0.15, 0.2) is 18.2 Å². The van der Waals surface area contributed by atoms with Crippen LogP contribution in [0.4, 0.5) is 0 Å². The molecular formula is C26H35N3O7. The highest BCUT2D eigenvalue weighted by Gasteiger charge is 2.53. The fourth-order valence-electron chi connectivity index (χ4n) is 5.32. The van der Waals surface area contributed by atoms with Gasteiger partial charge in [0.2, 0.25) is 11.8 Å². The number of likely N-dealkylation sites (tertiary alicyclic amines) is 1. The maximum Gasteiger partial charge on any atom is 0.305 e. The molecule has 2 aliphatic rings. The van der Waals surface area contributed by atoms with E-state index in [-0.39, 0.29) is 17.9 Å². The van der Waals surface area contributed by atoms with Gasteiger partial charge < -0.3 is 30.2 Å². The molecule has 1 heterocycles. The summed E-state index contributed by atoms with van der Waals surface area (Å²) in [5.41, 5.74) is 0.362. The topological polar surface area (TPSA) is 142 Å². The average molecular weight is 502 g/mol. The Morgan fingerprint density at radius 2 is 1.89 bits per heavy atom. The van der Waals surface area contributed by atoms with Crippen molar-refractivity contribution < 1.29 is 33.8 Å². The zero-order valence-electron chi connectivity index (χ0n) is 21.4. The third kappa shape index (κ3) is 5.52. The van der Waals surface area contributed by atoms with Gasteiger partial charge in [-0.3, -0.25) is 19.2 Å². The van der Waals surface area contributed by atoms with Crippen LogP contribution in [0, 0.1) is 18.3 Å². The van der Waals surface area contributed by atoms with E-state index in [1.54, 1.807) is 30.0 Å². The van der Waals surface area contributed by atoms with E-state index in [2.05, 4.69) is 10.6 Å². The molecule has 36 heavy (non-hydrogen) atoms. The van der Waals surface area contributed by atoms with Crippen molar-refractivity contribution in [1.29, 1.82) is 0 Å². The van der Waals surface area contributed by atoms with Crippen LogP contribution in [0.2, 0.25) is 0 Å². The van der Waals surface area contributed by atoms with Crippen molar-refractivity contribution in [3.05, 3.63) is 29.3 Å². The predicted molar refractivity (Wildman–Crippen MR) is 130 cm³/mol. The molecule has 1 saturated heterocycles. The number of rotatable bonds is 9. The number of aldehydes is 1. The van der Waals surface area contributed by atoms with Crippen LogP contribution in [0.1, 0.15) is 62.4 Å². The molecule has 5 atom stereocenters. The van der Waals surface area contributed by atoms with Gasteiger partial charge in [-0.05, 0) is 49.7 Å². The first-order valence-corrected chi connectivity index (χ1v) is 12.1. The molecule has 0 spiro atoms. The fourth-order valence-corrected chi connectivity index (χ4v) is 5.32. The lowest BCUT2D eigenvalue weighted by Crippen LogP contribution is -2.61. The normalized spacial score (nSPS) is 22.5. The Hall–Kier alpha value is -3.43. The van der Waals surface area contributed by atoms with Crippen molar-refractivity contribution in [1.82, 2.24) is 15.5 Å². The maximum atomic E-state index is 13.9. The average Bonchev–Trinajstić information content (AvgIpc) is 3.42. The van der Waals surface area contributed by atoms with Crippen molar-refractivity contribution in [2.45, 2.75) is 77.5 Å². The Morgan fingerprint density at radius 1 is 1.19 bits per heavy atom. The SMILES string of the molecule is COc1cccc(C(=O)NC(C(=O)N2C3CC[C@H](C3)C2C(=O)NC(C=O)CC(=O)O)C(C)(C)C)c1C. The van der Waals surface area contributed by atoms with Gasteiger partial charge >= 0.3 is 5.97 Å². The van der Waals surface area contributed by atoms with Crippen LogP contribution >= 0.6 is 0 Å². The molecule has 3 rings (SSSR count). The first-order chi connectivity index (χ1) is 16.9. The van der Waals surface area contributed by atoms with Crippen LogP contribution in [-0.4, -0.2) is 71.3 Å². The quantitative estimate of drug-likeness (QED) is 0.437. The number of carbonyl (C=O) groups is 5. The van der Waals surface area contributed by atoms with E-state index in [4.69, 9.17) is 9.84 Å². The number of carbonyl (C=O) groups excluding carboxylic acids is 4. The molecule has 3 N–H and O–H groups in total. The number of carboxylic acids is 1. The number of methoxy groups -OCH3 is 1. The number of aliphatic carboxylic acids is 1. The summed E-state index contributed by atoms with van der Waals surface area (Å²) < 4.78 is 5.31. The lowest BCUT2D eigenvalue weighted by molar-refractivity contribution is -0.147. The van der Waals surface area contributed by atoms with Crippen molar-refractivity contribution in [2.75, 3.05) is 7.11 Å². The third-order valence-electron chi connectivity index (χ3n) is 7.13. The molecule has 2 fully saturated rings. The minimum absolute atomic E-state index is 0.0898. The number of nitrogens with one attached hydrogen (secondary N) is 2. The number of nitrogens with zero attached hydrogens (tertiary/aromatic N) is 1. The molecule has 1 aromatic rings. The Kier molecular flexibility index (Phi) is 8.05. The van der Waals surface area contributed by atoms with Crippen LogP contribution in [0.5, 0.6) is 5.75 Å². The van der Waals surface area contributed by atoms with E-state index in [0.717, 1.165) is 12.8 Å². The molecule has 10 nitrogen and oxygen atoms in total. The summed E-state index contributed by atoms with van der Waals surface area (Å²) in [5, 5.41) is 14.4. The molecule has 3 amide bonds. The lowest BCUT2D eigenvalue weighted by atomic mass is 9.84. The zero-order valence-corrected chi connectivity index (χ0v) is 21.4. The van der Waals surface area contributed by atoms with E-state index in [1.807, 2.05) is 20.8 Å². The van der Waals surface area contributed by atoms with E-state index in [0.29, 0.717) is 29.6 Å². The van der Waals surface area contributed by atoms with Gasteiger partial charge in [-0.25, -0.2) is 0 Å². The van der Waals surface area contributed by atoms with Gasteiger partial charge in [-0.2, -0.15) is 0 Å². The van der Waals surface area contributed by atoms with Crippen molar-refractivity contribution in [3.8, 4) is 5.75 Å². The highest BCUT2D eigenvalue weighted by molar-refractivity contribution is 6.00. The summed E-state index contributed by atoms with van der Waals surface area (Å²) in [5.74, 6) is -2.08. The summed E-state index contributed by atoms with van der Waals surface area (Å²) >= 11 is 0. The largest absolute Gasteiger partial charge is 0.496 e. The molecule has 0 aromatic heterocycles. The Labute approximate surface area is 210 Å². The van der Waals surface area contributed by atoms with Crippen LogP contribution < -0.4 is 15.4 Å². The first kappa shape index (κ1) is 27.2. The summed E-state index contributed by atoms with van der Waals surface area (Å²) in [6.45, 7) is 7.29. The maximum absolute atomic E-state index is 13.9. The van der Waals surface area contributed by atoms with E-state index < -0.39 is 47.7 Å². The minimum atomic E-state index is -1.21. The minimum Gasteiger partial charge on any atom is -0.496 e. The van der Waals surface area contributed by atoms with Gasteiger partial charge in [0.05, 0.1) is 19.6 Å². The molecule has 2 bridgehead atoms. The number of fused-ring (bicyclic) bond motifs is 2. The van der Waals surface area contributed by atoms with E-state index >= 15 is 0 Å². The van der Waals surface area contributed by atoms with Crippen LogP contribution in [0.25, 0.3) is 0 Å². The number of hydrogen-bond acceptors (Lipinski definition) is 6. The molecular weight excluding hydrogens is 466 g/mol. The standard InChI is InChI=1S/C26H35N3O7/c1-14-18(7-6-8-19(14)36-5)23(33)28-22(26(2,3)4)25(35)29-17-10-9-15(11-17)21(29)24(34)27-16(13-30)12-20(31)32/h6-8,13,15-17,21-22H,9-12H2,1-5H3,(H,27,34)(H,28,33)(H,31,32)/t15-,16?,17?,21?,22?/m1/s1. The highest BCUT2D eigenvalue weighted by Crippen LogP contribution is 2.43. The van der Waals surface area contributed by atoms with Crippen LogP contribution in [0.3, 0.4) is 0 Å². The number of amides is 3. The van der Waals surface area contributed by atoms with Crippen molar-refractivity contribution in [3.63, 3.8) is 0 Å². The number of benzene rings is 1. The van der Waals surface area contributed by atoms with Gasteiger partial charge in [0, 0.05) is 17.2 Å². The summed E-state index contributed by atoms with van der Waals surface area (Å²) in [6.07, 6.45) is 2.00. The molecule has 1 saturated carbocycles. The number of ether oxygens (including phenoxy) is 1. The summed E-state index contributed by atoms with van der Waals surface area (Å²) in [4.78, 5) is 64.3. The Morgan fingerprint density at radius 3 is 2.47 bits per heavy atom. The number of piperidine rings is 1. The predicted octanol–water partition coefficient (Wildman–Crippen LogP) is 1.69. The van der Waals surface area contributed by atoms with Gasteiger partial charge in [-0.15, -0.1) is 0 Å². The highest BCUT2D eigenvalue weighted by atomic mass is 16.5. The van der Waals surface area contributed by atoms with Gasteiger partial charge in [0.25, 0.3) is 5.91 Å². The molecule has 0 radical (unpaired) electrons. The zero-order chi connectivity index (χ0) is 26.8. The fraction of sp³-hybridized carbons (Fsp3) is 0.577. The van der Waals surface area contributed by atoms with Gasteiger partial charge in [0.15, 0.2) is 0 Å². The molecule has 1 aliphatic heterocycles. The number of hydrogen-bond donors (Lipinski definition) is 3. The smallest absolute Gasteiger partial charge is 0.305 e.